The summed E-state index contributed by atoms with van der Waals surface area (Å²) in [4.78, 5) is 3.92. The van der Waals surface area contributed by atoms with Crippen molar-refractivity contribution in [3.63, 3.8) is 0 Å². The summed E-state index contributed by atoms with van der Waals surface area (Å²) in [5.74, 6) is 1.20. The third-order valence-corrected chi connectivity index (χ3v) is 4.50. The lowest BCUT2D eigenvalue weighted by Crippen LogP contribution is -2.45. The molecule has 0 saturated carbocycles. The fourth-order valence-electron chi connectivity index (χ4n) is 2.58. The number of nitrogens with zero attached hydrogens (tertiary/aromatic N) is 1. The van der Waals surface area contributed by atoms with Gasteiger partial charge in [0, 0.05) is 18.0 Å². The lowest BCUT2D eigenvalue weighted by atomic mass is 10.2. The zero-order valence-electron chi connectivity index (χ0n) is 12.3. The van der Waals surface area contributed by atoms with Crippen LogP contribution in [0, 0.1) is 6.92 Å². The summed E-state index contributed by atoms with van der Waals surface area (Å²) in [5, 5.41) is 0. The van der Waals surface area contributed by atoms with Crippen molar-refractivity contribution in [2.45, 2.75) is 44.3 Å². The van der Waals surface area contributed by atoms with E-state index < -0.39 is 0 Å². The third-order valence-electron chi connectivity index (χ3n) is 3.40. The molecule has 2 nitrogen and oxygen atoms in total. The molecule has 1 aromatic rings. The van der Waals surface area contributed by atoms with E-state index in [9.17, 15) is 0 Å². The molecule has 1 saturated heterocycles. The van der Waals surface area contributed by atoms with Crippen LogP contribution in [0.1, 0.15) is 25.8 Å². The summed E-state index contributed by atoms with van der Waals surface area (Å²) in [7, 11) is 0. The van der Waals surface area contributed by atoms with Gasteiger partial charge in [0.2, 0.25) is 0 Å². The van der Waals surface area contributed by atoms with Crippen molar-refractivity contribution in [3.8, 4) is 0 Å². The average molecular weight is 279 g/mol. The van der Waals surface area contributed by atoms with E-state index >= 15 is 0 Å². The molecule has 1 fully saturated rings. The van der Waals surface area contributed by atoms with Gasteiger partial charge in [0.15, 0.2) is 0 Å². The van der Waals surface area contributed by atoms with Crippen LogP contribution in [0.5, 0.6) is 0 Å². The van der Waals surface area contributed by atoms with Crippen molar-refractivity contribution in [1.82, 2.24) is 4.90 Å². The van der Waals surface area contributed by atoms with Crippen LogP contribution in [-0.4, -0.2) is 42.5 Å². The zero-order chi connectivity index (χ0) is 13.7. The Hall–Kier alpha value is -0.510. The fourth-order valence-corrected chi connectivity index (χ4v) is 3.42. The Kier molecular flexibility index (Phi) is 5.74. The van der Waals surface area contributed by atoms with Gasteiger partial charge in [-0.05, 0) is 51.6 Å². The number of hydrogen-bond donors (Lipinski definition) is 0. The Morgan fingerprint density at radius 2 is 1.79 bits per heavy atom. The molecule has 19 heavy (non-hydrogen) atoms. The van der Waals surface area contributed by atoms with E-state index in [1.54, 1.807) is 0 Å². The summed E-state index contributed by atoms with van der Waals surface area (Å²) >= 11 is 1.96. The lowest BCUT2D eigenvalue weighted by molar-refractivity contribution is -0.0677. The third kappa shape index (κ3) is 5.17. The first kappa shape index (κ1) is 14.9. The van der Waals surface area contributed by atoms with Crippen molar-refractivity contribution in [3.05, 3.63) is 29.8 Å². The van der Waals surface area contributed by atoms with Crippen LogP contribution >= 0.6 is 11.8 Å². The normalized spacial score (nSPS) is 24.6. The Morgan fingerprint density at radius 3 is 2.42 bits per heavy atom. The highest BCUT2D eigenvalue weighted by molar-refractivity contribution is 7.99. The molecule has 0 aromatic heterocycles. The Bertz CT molecular complexity index is 369. The minimum Gasteiger partial charge on any atom is -0.373 e. The maximum Gasteiger partial charge on any atom is 0.0678 e. The highest BCUT2D eigenvalue weighted by atomic mass is 32.2. The Morgan fingerprint density at radius 1 is 1.16 bits per heavy atom. The number of morpholine rings is 1. The quantitative estimate of drug-likeness (QED) is 0.604. The molecule has 0 amide bonds. The predicted molar refractivity (Wildman–Crippen MR) is 83.0 cm³/mol. The van der Waals surface area contributed by atoms with Crippen molar-refractivity contribution < 1.29 is 4.74 Å². The van der Waals surface area contributed by atoms with Gasteiger partial charge >= 0.3 is 0 Å². The molecule has 0 radical (unpaired) electrons. The zero-order valence-corrected chi connectivity index (χ0v) is 13.1. The van der Waals surface area contributed by atoms with Crippen LogP contribution in [0.2, 0.25) is 0 Å². The molecule has 106 valence electrons. The van der Waals surface area contributed by atoms with Gasteiger partial charge in [0.1, 0.15) is 0 Å². The van der Waals surface area contributed by atoms with Gasteiger partial charge in [0.25, 0.3) is 0 Å². The first-order valence-electron chi connectivity index (χ1n) is 7.21. The number of hydrogen-bond acceptors (Lipinski definition) is 3. The fraction of sp³-hybridized carbons (Fsp3) is 0.625. The van der Waals surface area contributed by atoms with Crippen molar-refractivity contribution in [2.75, 3.05) is 25.4 Å². The van der Waals surface area contributed by atoms with Crippen molar-refractivity contribution in [1.29, 1.82) is 0 Å². The molecule has 2 atom stereocenters. The van der Waals surface area contributed by atoms with Gasteiger partial charge in [-0.2, -0.15) is 0 Å². The van der Waals surface area contributed by atoms with Crippen LogP contribution in [0.25, 0.3) is 0 Å². The summed E-state index contributed by atoms with van der Waals surface area (Å²) in [5.41, 5.74) is 1.33. The average Bonchev–Trinajstić information content (AvgIpc) is 2.36. The highest BCUT2D eigenvalue weighted by Crippen LogP contribution is 2.19. The molecule has 1 aliphatic rings. The van der Waals surface area contributed by atoms with Gasteiger partial charge in [-0.15, -0.1) is 11.8 Å². The number of ether oxygens (including phenoxy) is 1. The maximum atomic E-state index is 5.76. The second-order valence-corrected chi connectivity index (χ2v) is 6.70. The van der Waals surface area contributed by atoms with Gasteiger partial charge in [-0.3, -0.25) is 4.90 Å². The topological polar surface area (TPSA) is 12.5 Å². The van der Waals surface area contributed by atoms with E-state index in [0.717, 1.165) is 13.1 Å². The predicted octanol–water partition coefficient (Wildman–Crippen LogP) is 3.59. The molecule has 0 spiro atoms. The molecule has 2 rings (SSSR count). The van der Waals surface area contributed by atoms with Crippen molar-refractivity contribution in [2.24, 2.45) is 0 Å². The molecule has 1 aliphatic heterocycles. The number of rotatable bonds is 5. The highest BCUT2D eigenvalue weighted by Gasteiger charge is 2.21. The van der Waals surface area contributed by atoms with Gasteiger partial charge in [0.05, 0.1) is 12.2 Å². The molecule has 1 heterocycles. The van der Waals surface area contributed by atoms with Crippen LogP contribution in [0.3, 0.4) is 0 Å². The minimum atomic E-state index is 0.383. The molecule has 0 bridgehead atoms. The van der Waals surface area contributed by atoms with E-state index in [-0.39, 0.29) is 0 Å². The van der Waals surface area contributed by atoms with Gasteiger partial charge in [-0.1, -0.05) is 17.7 Å². The Balaban J connectivity index is 1.65. The summed E-state index contributed by atoms with van der Waals surface area (Å²) in [6.45, 7) is 9.83. The minimum absolute atomic E-state index is 0.383. The Labute approximate surface area is 121 Å². The second kappa shape index (κ2) is 7.32. The molecular weight excluding hydrogens is 254 g/mol. The van der Waals surface area contributed by atoms with E-state index in [1.807, 2.05) is 11.8 Å². The summed E-state index contributed by atoms with van der Waals surface area (Å²) < 4.78 is 5.76. The van der Waals surface area contributed by atoms with Crippen LogP contribution in [-0.2, 0) is 4.74 Å². The van der Waals surface area contributed by atoms with E-state index in [1.165, 1.54) is 29.2 Å². The molecular formula is C16H25NOS. The largest absolute Gasteiger partial charge is 0.373 e. The smallest absolute Gasteiger partial charge is 0.0678 e. The summed E-state index contributed by atoms with van der Waals surface area (Å²) in [6, 6.07) is 8.82. The number of thioether (sulfide) groups is 1. The summed E-state index contributed by atoms with van der Waals surface area (Å²) in [6.07, 6.45) is 2.01. The maximum absolute atomic E-state index is 5.76. The van der Waals surface area contributed by atoms with Crippen LogP contribution in [0.4, 0.5) is 0 Å². The lowest BCUT2D eigenvalue weighted by Gasteiger charge is -2.35. The molecule has 0 N–H and O–H groups in total. The van der Waals surface area contributed by atoms with Gasteiger partial charge in [-0.25, -0.2) is 0 Å². The molecule has 3 heteroatoms. The second-order valence-electron chi connectivity index (χ2n) is 5.53. The standard InChI is InChI=1S/C16H25NOS/c1-13-5-7-16(8-6-13)19-10-4-9-17-11-14(2)18-15(3)12-17/h5-8,14-15H,4,9-12H2,1-3H3. The van der Waals surface area contributed by atoms with E-state index in [2.05, 4.69) is 49.9 Å². The molecule has 2 unspecified atom stereocenters. The molecule has 1 aromatic carbocycles. The van der Waals surface area contributed by atoms with E-state index in [4.69, 9.17) is 4.74 Å². The van der Waals surface area contributed by atoms with E-state index in [0.29, 0.717) is 12.2 Å². The number of aryl methyl sites for hydroxylation is 1. The monoisotopic (exact) mass is 279 g/mol. The van der Waals surface area contributed by atoms with Crippen molar-refractivity contribution >= 4 is 11.8 Å². The molecule has 0 aliphatic carbocycles. The van der Waals surface area contributed by atoms with Gasteiger partial charge < -0.3 is 4.74 Å². The number of benzene rings is 1. The first-order valence-corrected chi connectivity index (χ1v) is 8.19. The first-order chi connectivity index (χ1) is 9.13. The SMILES string of the molecule is Cc1ccc(SCCCN2CC(C)OC(C)C2)cc1. The van der Waals surface area contributed by atoms with Crippen LogP contribution in [0.15, 0.2) is 29.2 Å². The van der Waals surface area contributed by atoms with Crippen LogP contribution < -0.4 is 0 Å².